The van der Waals surface area contributed by atoms with E-state index in [2.05, 4.69) is 11.9 Å². The number of nitro benzene ring substituents is 1. The van der Waals surface area contributed by atoms with Crippen LogP contribution in [0.15, 0.2) is 54.6 Å². The molecule has 1 unspecified atom stereocenters. The summed E-state index contributed by atoms with van der Waals surface area (Å²) in [6, 6.07) is 11.6. The number of nitrogens with zero attached hydrogens (tertiary/aromatic N) is 2. The second kappa shape index (κ2) is 13.1. The van der Waals surface area contributed by atoms with Crippen molar-refractivity contribution in [3.05, 3.63) is 81.4 Å². The van der Waals surface area contributed by atoms with Crippen LogP contribution in [0.5, 0.6) is 11.5 Å². The number of hydrogen-bond acceptors (Lipinski definition) is 7. The van der Waals surface area contributed by atoms with Crippen LogP contribution in [-0.2, 0) is 22.6 Å². The van der Waals surface area contributed by atoms with Crippen LogP contribution in [0.4, 0.5) is 5.69 Å². The number of carbonyl (C=O) groups is 1. The van der Waals surface area contributed by atoms with Crippen LogP contribution in [0.25, 0.3) is 6.08 Å². The summed E-state index contributed by atoms with van der Waals surface area (Å²) in [6.07, 6.45) is 5.52. The number of nitriles is 1. The summed E-state index contributed by atoms with van der Waals surface area (Å²) in [5.41, 5.74) is 2.11. The molecule has 1 N–H and O–H groups in total. The average molecular weight is 492 g/mol. The summed E-state index contributed by atoms with van der Waals surface area (Å²) in [6.45, 7) is 7.25. The summed E-state index contributed by atoms with van der Waals surface area (Å²) in [7, 11) is 0. The summed E-state index contributed by atoms with van der Waals surface area (Å²) in [4.78, 5) is 23.0. The molecule has 0 saturated carbocycles. The lowest BCUT2D eigenvalue weighted by atomic mass is 10.0. The standard InChI is InChI=1S/C27H29N3O6/c1-3-6-21-13-20(14-22(16-28)27(31)29-17-24-7-5-12-35-24)15-25(34-4-2)26(21)36-18-19-8-10-23(11-9-19)30(32)33/h3,8-11,13-15,24H,1,4-7,12,17-18H2,2H3,(H,29,31)/b22-14+. The molecule has 1 heterocycles. The zero-order valence-corrected chi connectivity index (χ0v) is 20.2. The summed E-state index contributed by atoms with van der Waals surface area (Å²) in [5.74, 6) is 0.505. The molecule has 0 aromatic heterocycles. The third-order valence-electron chi connectivity index (χ3n) is 5.54. The van der Waals surface area contributed by atoms with Crippen molar-refractivity contribution in [2.75, 3.05) is 19.8 Å². The van der Waals surface area contributed by atoms with Crippen molar-refractivity contribution in [2.24, 2.45) is 0 Å². The lowest BCUT2D eigenvalue weighted by molar-refractivity contribution is -0.384. The maximum absolute atomic E-state index is 12.6. The van der Waals surface area contributed by atoms with E-state index < -0.39 is 10.8 Å². The van der Waals surface area contributed by atoms with Gasteiger partial charge in [-0.05, 0) is 67.7 Å². The largest absolute Gasteiger partial charge is 0.490 e. The Bertz CT molecular complexity index is 1160. The maximum Gasteiger partial charge on any atom is 0.269 e. The Kier molecular flexibility index (Phi) is 9.60. The van der Waals surface area contributed by atoms with Gasteiger partial charge in [-0.1, -0.05) is 6.08 Å². The smallest absolute Gasteiger partial charge is 0.269 e. The van der Waals surface area contributed by atoms with Gasteiger partial charge in [-0.25, -0.2) is 0 Å². The second-order valence-electron chi connectivity index (χ2n) is 8.16. The lowest BCUT2D eigenvalue weighted by Gasteiger charge is -2.17. The maximum atomic E-state index is 12.6. The summed E-state index contributed by atoms with van der Waals surface area (Å²) in [5, 5.41) is 23.2. The molecule has 1 aliphatic heterocycles. The highest BCUT2D eigenvalue weighted by Gasteiger charge is 2.19. The van der Waals surface area contributed by atoms with E-state index in [1.165, 1.54) is 18.2 Å². The molecule has 9 nitrogen and oxygen atoms in total. The van der Waals surface area contributed by atoms with Crippen molar-refractivity contribution >= 4 is 17.7 Å². The Labute approximate surface area is 210 Å². The Hall–Kier alpha value is -4.16. The van der Waals surface area contributed by atoms with E-state index in [-0.39, 0.29) is 24.0 Å². The highest BCUT2D eigenvalue weighted by Crippen LogP contribution is 2.35. The number of rotatable bonds is 12. The highest BCUT2D eigenvalue weighted by atomic mass is 16.6. The molecule has 1 atom stereocenters. The molecule has 1 amide bonds. The molecule has 1 aliphatic rings. The van der Waals surface area contributed by atoms with Gasteiger partial charge < -0.3 is 19.5 Å². The minimum Gasteiger partial charge on any atom is -0.490 e. The van der Waals surface area contributed by atoms with Gasteiger partial charge in [0, 0.05) is 30.8 Å². The van der Waals surface area contributed by atoms with Gasteiger partial charge in [-0.15, -0.1) is 6.58 Å². The molecule has 188 valence electrons. The predicted molar refractivity (Wildman–Crippen MR) is 135 cm³/mol. The number of hydrogen-bond donors (Lipinski definition) is 1. The van der Waals surface area contributed by atoms with Gasteiger partial charge in [-0.3, -0.25) is 14.9 Å². The first-order valence-corrected chi connectivity index (χ1v) is 11.7. The number of benzene rings is 2. The highest BCUT2D eigenvalue weighted by molar-refractivity contribution is 6.01. The van der Waals surface area contributed by atoms with Gasteiger partial charge in [0.15, 0.2) is 11.5 Å². The van der Waals surface area contributed by atoms with Crippen LogP contribution in [0, 0.1) is 21.4 Å². The second-order valence-corrected chi connectivity index (χ2v) is 8.16. The third kappa shape index (κ3) is 7.17. The van der Waals surface area contributed by atoms with Crippen LogP contribution in [0.1, 0.15) is 36.5 Å². The van der Waals surface area contributed by atoms with Crippen molar-refractivity contribution in [3.63, 3.8) is 0 Å². The molecule has 36 heavy (non-hydrogen) atoms. The van der Waals surface area contributed by atoms with Crippen molar-refractivity contribution in [2.45, 2.75) is 38.9 Å². The molecule has 1 fully saturated rings. The Morgan fingerprint density at radius 3 is 2.72 bits per heavy atom. The zero-order chi connectivity index (χ0) is 25.9. The molecule has 9 heteroatoms. The van der Waals surface area contributed by atoms with E-state index in [9.17, 15) is 20.2 Å². The Morgan fingerprint density at radius 2 is 2.11 bits per heavy atom. The molecule has 0 bridgehead atoms. The topological polar surface area (TPSA) is 124 Å². The molecular formula is C27H29N3O6. The van der Waals surface area contributed by atoms with Crippen molar-refractivity contribution in [3.8, 4) is 17.6 Å². The lowest BCUT2D eigenvalue weighted by Crippen LogP contribution is -2.32. The van der Waals surface area contributed by atoms with E-state index in [1.54, 1.807) is 24.3 Å². The SMILES string of the molecule is C=CCc1cc(/C=C(\C#N)C(=O)NCC2CCCO2)cc(OCC)c1OCc1ccc([N+](=O)[O-])cc1. The summed E-state index contributed by atoms with van der Waals surface area (Å²) < 4.78 is 17.4. The Balaban J connectivity index is 1.83. The number of nitro groups is 1. The third-order valence-corrected chi connectivity index (χ3v) is 5.54. The molecule has 2 aromatic rings. The fourth-order valence-electron chi connectivity index (χ4n) is 3.79. The number of allylic oxidation sites excluding steroid dienone is 1. The molecule has 0 spiro atoms. The molecule has 0 aliphatic carbocycles. The monoisotopic (exact) mass is 491 g/mol. The minimum atomic E-state index is -0.463. The van der Waals surface area contributed by atoms with Gasteiger partial charge in [0.2, 0.25) is 0 Å². The van der Waals surface area contributed by atoms with E-state index in [4.69, 9.17) is 14.2 Å². The van der Waals surface area contributed by atoms with Crippen LogP contribution >= 0.6 is 0 Å². The van der Waals surface area contributed by atoms with Crippen molar-refractivity contribution in [1.82, 2.24) is 5.32 Å². The van der Waals surface area contributed by atoms with Crippen LogP contribution in [0.2, 0.25) is 0 Å². The number of carbonyl (C=O) groups excluding carboxylic acids is 1. The number of nitrogens with one attached hydrogen (secondary N) is 1. The first-order valence-electron chi connectivity index (χ1n) is 11.7. The quantitative estimate of drug-likeness (QED) is 0.152. The van der Waals surface area contributed by atoms with Gasteiger partial charge in [0.05, 0.1) is 17.6 Å². The van der Waals surface area contributed by atoms with E-state index >= 15 is 0 Å². The van der Waals surface area contributed by atoms with E-state index in [1.807, 2.05) is 19.1 Å². The summed E-state index contributed by atoms with van der Waals surface area (Å²) >= 11 is 0. The normalized spacial score (nSPS) is 15.1. The van der Waals surface area contributed by atoms with Crippen molar-refractivity contribution in [1.29, 1.82) is 5.26 Å². The van der Waals surface area contributed by atoms with Gasteiger partial charge in [0.25, 0.3) is 11.6 Å². The van der Waals surface area contributed by atoms with Crippen molar-refractivity contribution < 1.29 is 23.9 Å². The number of non-ortho nitro benzene ring substituents is 1. The molecule has 2 aromatic carbocycles. The first kappa shape index (κ1) is 26.4. The minimum absolute atomic E-state index is 0.00495. The number of amides is 1. The van der Waals surface area contributed by atoms with E-state index in [0.29, 0.717) is 43.2 Å². The van der Waals surface area contributed by atoms with Gasteiger partial charge in [-0.2, -0.15) is 5.26 Å². The molecular weight excluding hydrogens is 462 g/mol. The first-order chi connectivity index (χ1) is 17.4. The van der Waals surface area contributed by atoms with Gasteiger partial charge in [0.1, 0.15) is 18.2 Å². The molecule has 0 radical (unpaired) electrons. The Morgan fingerprint density at radius 1 is 1.33 bits per heavy atom. The number of ether oxygens (including phenoxy) is 3. The molecule has 3 rings (SSSR count). The molecule has 1 saturated heterocycles. The van der Waals surface area contributed by atoms with Crippen LogP contribution in [0.3, 0.4) is 0 Å². The van der Waals surface area contributed by atoms with Gasteiger partial charge >= 0.3 is 0 Å². The average Bonchev–Trinajstić information content (AvgIpc) is 3.40. The van der Waals surface area contributed by atoms with E-state index in [0.717, 1.165) is 24.0 Å². The van der Waals surface area contributed by atoms with Crippen LogP contribution in [-0.4, -0.2) is 36.7 Å². The fraction of sp³-hybridized carbons (Fsp3) is 0.333. The predicted octanol–water partition coefficient (Wildman–Crippen LogP) is 4.50. The zero-order valence-electron chi connectivity index (χ0n) is 20.2. The van der Waals surface area contributed by atoms with Crippen LogP contribution < -0.4 is 14.8 Å². The fourth-order valence-corrected chi connectivity index (χ4v) is 3.79.